The Hall–Kier alpha value is -2.41. The minimum absolute atomic E-state index is 0.0502. The Kier molecular flexibility index (Phi) is 8.63. The Balaban J connectivity index is 2.00. The summed E-state index contributed by atoms with van der Waals surface area (Å²) in [5.41, 5.74) is 0.547. The molecule has 0 unspecified atom stereocenters. The molecule has 0 spiro atoms. The maximum atomic E-state index is 13.6. The number of nitrogens with zero attached hydrogens (tertiary/aromatic N) is 2. The van der Waals surface area contributed by atoms with E-state index in [0.29, 0.717) is 12.1 Å². The van der Waals surface area contributed by atoms with Crippen LogP contribution in [0.15, 0.2) is 53.4 Å². The lowest BCUT2D eigenvalue weighted by atomic mass is 10.0. The van der Waals surface area contributed by atoms with Gasteiger partial charge in [0.05, 0.1) is 6.61 Å². The van der Waals surface area contributed by atoms with Gasteiger partial charge in [-0.2, -0.15) is 4.31 Å². The van der Waals surface area contributed by atoms with Crippen LogP contribution in [-0.2, 0) is 16.6 Å². The van der Waals surface area contributed by atoms with Crippen LogP contribution in [0.25, 0.3) is 0 Å². The highest BCUT2D eigenvalue weighted by Gasteiger charge is 2.38. The third-order valence-corrected chi connectivity index (χ3v) is 7.99. The van der Waals surface area contributed by atoms with Gasteiger partial charge in [-0.3, -0.25) is 4.90 Å². The van der Waals surface area contributed by atoms with Crippen LogP contribution in [0, 0.1) is 17.8 Å². The summed E-state index contributed by atoms with van der Waals surface area (Å²) >= 11 is 0. The molecule has 0 fully saturated rings. The normalized spacial score (nSPS) is 21.1. The van der Waals surface area contributed by atoms with Crippen molar-refractivity contribution in [2.24, 2.45) is 5.92 Å². The van der Waals surface area contributed by atoms with Crippen molar-refractivity contribution in [1.29, 1.82) is 0 Å². The highest BCUT2D eigenvalue weighted by molar-refractivity contribution is 7.89. The molecule has 1 aliphatic heterocycles. The van der Waals surface area contributed by atoms with Gasteiger partial charge in [-0.25, -0.2) is 8.42 Å². The Morgan fingerprint density at radius 3 is 2.54 bits per heavy atom. The summed E-state index contributed by atoms with van der Waals surface area (Å²) in [5.74, 6) is 5.75. The van der Waals surface area contributed by atoms with Gasteiger partial charge in [0.15, 0.2) is 0 Å². The third kappa shape index (κ3) is 7.06. The number of hydrogen-bond acceptors (Lipinski definition) is 6. The van der Waals surface area contributed by atoms with Crippen molar-refractivity contribution in [2.75, 3.05) is 26.7 Å². The van der Waals surface area contributed by atoms with Crippen LogP contribution in [0.5, 0.6) is 5.75 Å². The first-order valence-corrected chi connectivity index (χ1v) is 13.3. The molecule has 0 aliphatic carbocycles. The second-order valence-electron chi connectivity index (χ2n) is 9.89. The fraction of sp³-hybridized carbons (Fsp3) is 0.481. The van der Waals surface area contributed by atoms with Crippen molar-refractivity contribution < 1.29 is 23.4 Å². The van der Waals surface area contributed by atoms with Crippen molar-refractivity contribution in [3.8, 4) is 17.6 Å². The van der Waals surface area contributed by atoms with Gasteiger partial charge in [0.25, 0.3) is 0 Å². The number of ether oxygens (including phenoxy) is 1. The summed E-state index contributed by atoms with van der Waals surface area (Å²) in [6.45, 7) is 8.10. The SMILES string of the molecule is C[C@H](CO)N1C[C@H](C)[C@H](CN(C)Cc2ccccc2)Oc2cc(C#CC(C)(C)O)ccc2S1(=O)=O. The first kappa shape index (κ1) is 27.2. The number of fused-ring (bicyclic) bond motifs is 1. The molecule has 2 aromatic rings. The molecule has 1 aliphatic rings. The molecule has 0 radical (unpaired) electrons. The van der Waals surface area contributed by atoms with Crippen LogP contribution < -0.4 is 4.74 Å². The van der Waals surface area contributed by atoms with Gasteiger partial charge >= 0.3 is 0 Å². The van der Waals surface area contributed by atoms with Gasteiger partial charge in [-0.1, -0.05) is 49.1 Å². The van der Waals surface area contributed by atoms with E-state index in [9.17, 15) is 18.6 Å². The predicted molar refractivity (Wildman–Crippen MR) is 136 cm³/mol. The number of sulfonamides is 1. The molecule has 0 saturated heterocycles. The molecule has 7 nitrogen and oxygen atoms in total. The monoisotopic (exact) mass is 500 g/mol. The number of likely N-dealkylation sites (N-methyl/N-ethyl adjacent to an activating group) is 1. The number of benzene rings is 2. The number of rotatable bonds is 6. The lowest BCUT2D eigenvalue weighted by Gasteiger charge is -2.37. The first-order valence-electron chi connectivity index (χ1n) is 11.8. The first-order chi connectivity index (χ1) is 16.4. The average Bonchev–Trinajstić information content (AvgIpc) is 2.79. The predicted octanol–water partition coefficient (Wildman–Crippen LogP) is 2.71. The van der Waals surface area contributed by atoms with Gasteiger partial charge in [-0.15, -0.1) is 0 Å². The Morgan fingerprint density at radius 1 is 1.23 bits per heavy atom. The summed E-state index contributed by atoms with van der Waals surface area (Å²) in [4.78, 5) is 2.21. The van der Waals surface area contributed by atoms with Gasteiger partial charge in [0.2, 0.25) is 10.0 Å². The molecule has 2 aromatic carbocycles. The molecule has 2 N–H and O–H groups in total. The van der Waals surface area contributed by atoms with E-state index in [1.807, 2.05) is 32.2 Å². The van der Waals surface area contributed by atoms with E-state index in [4.69, 9.17) is 4.74 Å². The number of aliphatic hydroxyl groups is 2. The minimum Gasteiger partial charge on any atom is -0.487 e. The summed E-state index contributed by atoms with van der Waals surface area (Å²) in [7, 11) is -1.90. The standard InChI is InChI=1S/C27H36N2O5S/c1-20-16-29(21(2)19-30)35(32,33)26-12-11-22(13-14-27(3,4)31)15-24(26)34-25(20)18-28(5)17-23-9-7-6-8-10-23/h6-12,15,20-21,25,30-31H,16-19H2,1-5H3/t20-,21+,25-/m0/s1. The molecule has 3 atom stereocenters. The van der Waals surface area contributed by atoms with Crippen molar-refractivity contribution in [3.63, 3.8) is 0 Å². The molecule has 3 rings (SSSR count). The lowest BCUT2D eigenvalue weighted by Crippen LogP contribution is -2.49. The average molecular weight is 501 g/mol. The Labute approximate surface area is 209 Å². The molecule has 0 saturated carbocycles. The van der Waals surface area contributed by atoms with E-state index in [-0.39, 0.29) is 35.8 Å². The molecular formula is C27H36N2O5S. The lowest BCUT2D eigenvalue weighted by molar-refractivity contribution is 0.0733. The fourth-order valence-electron chi connectivity index (χ4n) is 4.01. The largest absolute Gasteiger partial charge is 0.487 e. The second-order valence-corrected chi connectivity index (χ2v) is 11.8. The van der Waals surface area contributed by atoms with Gasteiger partial charge in [-0.05, 0) is 51.6 Å². The van der Waals surface area contributed by atoms with Gasteiger partial charge in [0, 0.05) is 37.2 Å². The Bertz CT molecular complexity index is 1170. The summed E-state index contributed by atoms with van der Waals surface area (Å²) in [6, 6.07) is 14.3. The molecule has 1 heterocycles. The summed E-state index contributed by atoms with van der Waals surface area (Å²) in [6.07, 6.45) is -0.302. The van der Waals surface area contributed by atoms with Gasteiger partial charge < -0.3 is 14.9 Å². The highest BCUT2D eigenvalue weighted by atomic mass is 32.2. The zero-order valence-corrected chi connectivity index (χ0v) is 21.9. The van der Waals surface area contributed by atoms with Crippen molar-refractivity contribution in [2.45, 2.75) is 56.9 Å². The molecule has 0 aromatic heterocycles. The molecule has 35 heavy (non-hydrogen) atoms. The van der Waals surface area contributed by atoms with Crippen LogP contribution in [0.1, 0.15) is 38.8 Å². The van der Waals surface area contributed by atoms with Crippen LogP contribution in [0.3, 0.4) is 0 Å². The maximum absolute atomic E-state index is 13.6. The van der Waals surface area contributed by atoms with Crippen molar-refractivity contribution >= 4 is 10.0 Å². The highest BCUT2D eigenvalue weighted by Crippen LogP contribution is 2.34. The zero-order chi connectivity index (χ0) is 25.8. The van der Waals surface area contributed by atoms with Crippen LogP contribution in [0.4, 0.5) is 0 Å². The molecular weight excluding hydrogens is 464 g/mol. The van der Waals surface area contributed by atoms with E-state index in [2.05, 4.69) is 28.9 Å². The molecule has 8 heteroatoms. The maximum Gasteiger partial charge on any atom is 0.247 e. The van der Waals surface area contributed by atoms with Crippen molar-refractivity contribution in [3.05, 3.63) is 59.7 Å². The summed E-state index contributed by atoms with van der Waals surface area (Å²) in [5, 5.41) is 19.8. The number of aliphatic hydroxyl groups excluding tert-OH is 1. The molecule has 0 bridgehead atoms. The van der Waals surface area contributed by atoms with Crippen LogP contribution >= 0.6 is 0 Å². The van der Waals surface area contributed by atoms with E-state index < -0.39 is 21.7 Å². The van der Waals surface area contributed by atoms with E-state index >= 15 is 0 Å². The molecule has 190 valence electrons. The minimum atomic E-state index is -3.91. The van der Waals surface area contributed by atoms with E-state index in [1.54, 1.807) is 32.9 Å². The van der Waals surface area contributed by atoms with Crippen molar-refractivity contribution in [1.82, 2.24) is 9.21 Å². The summed E-state index contributed by atoms with van der Waals surface area (Å²) < 4.78 is 34.9. The topological polar surface area (TPSA) is 90.3 Å². The van der Waals surface area contributed by atoms with E-state index in [0.717, 1.165) is 6.54 Å². The molecule has 0 amide bonds. The fourth-order valence-corrected chi connectivity index (χ4v) is 5.84. The third-order valence-electron chi connectivity index (χ3n) is 5.97. The Morgan fingerprint density at radius 2 is 1.91 bits per heavy atom. The van der Waals surface area contributed by atoms with Gasteiger partial charge in [0.1, 0.15) is 22.4 Å². The van der Waals surface area contributed by atoms with Crippen LogP contribution in [-0.4, -0.2) is 72.3 Å². The zero-order valence-electron chi connectivity index (χ0n) is 21.1. The smallest absolute Gasteiger partial charge is 0.247 e. The quantitative estimate of drug-likeness (QED) is 0.593. The van der Waals surface area contributed by atoms with Crippen LogP contribution in [0.2, 0.25) is 0 Å². The van der Waals surface area contributed by atoms with E-state index in [1.165, 1.54) is 15.9 Å². The number of hydrogen-bond donors (Lipinski definition) is 2. The second kappa shape index (κ2) is 11.1.